The Labute approximate surface area is 161 Å². The molecule has 2 aromatic rings. The molecule has 0 unspecified atom stereocenters. The number of benzene rings is 2. The molecular weight excluding hydrogens is 366 g/mol. The van der Waals surface area contributed by atoms with Crippen LogP contribution < -0.4 is 4.74 Å². The van der Waals surface area contributed by atoms with Gasteiger partial charge >= 0.3 is 0 Å². The van der Waals surface area contributed by atoms with Gasteiger partial charge in [-0.15, -0.1) is 0 Å². The Kier molecular flexibility index (Phi) is 6.36. The Morgan fingerprint density at radius 2 is 2.07 bits per heavy atom. The fourth-order valence-electron chi connectivity index (χ4n) is 3.04. The zero-order chi connectivity index (χ0) is 19.2. The highest BCUT2D eigenvalue weighted by Crippen LogP contribution is 2.27. The highest BCUT2D eigenvalue weighted by Gasteiger charge is 2.29. The first-order chi connectivity index (χ1) is 13.2. The van der Waals surface area contributed by atoms with Gasteiger partial charge in [-0.1, -0.05) is 24.3 Å². The van der Waals surface area contributed by atoms with Gasteiger partial charge in [-0.2, -0.15) is 11.8 Å². The van der Waals surface area contributed by atoms with Crippen LogP contribution >= 0.6 is 11.8 Å². The summed E-state index contributed by atoms with van der Waals surface area (Å²) in [5.74, 6) is 1.56. The van der Waals surface area contributed by atoms with Crippen molar-refractivity contribution in [2.45, 2.75) is 12.6 Å². The fourth-order valence-corrected chi connectivity index (χ4v) is 4.09. The SMILES string of the molecule is O=Cc1c(O)cccc1OC[C@@H]1CSCCN1C(=O)c1ccccc1CO. The molecule has 2 N–H and O–H groups in total. The second-order valence-corrected chi connectivity index (χ2v) is 7.31. The minimum absolute atomic E-state index is 0.101. The van der Waals surface area contributed by atoms with Crippen LogP contribution in [-0.2, 0) is 6.61 Å². The maximum atomic E-state index is 13.0. The molecule has 1 heterocycles. The lowest BCUT2D eigenvalue weighted by molar-refractivity contribution is 0.0643. The Bertz CT molecular complexity index is 826. The van der Waals surface area contributed by atoms with E-state index in [0.29, 0.717) is 35.5 Å². The van der Waals surface area contributed by atoms with Crippen molar-refractivity contribution in [2.24, 2.45) is 0 Å². The highest BCUT2D eigenvalue weighted by atomic mass is 32.2. The predicted molar refractivity (Wildman–Crippen MR) is 104 cm³/mol. The minimum atomic E-state index is -0.197. The topological polar surface area (TPSA) is 87.1 Å². The third-order valence-electron chi connectivity index (χ3n) is 4.50. The quantitative estimate of drug-likeness (QED) is 0.740. The third kappa shape index (κ3) is 4.26. The zero-order valence-electron chi connectivity index (χ0n) is 14.7. The zero-order valence-corrected chi connectivity index (χ0v) is 15.5. The molecule has 0 bridgehead atoms. The van der Waals surface area contributed by atoms with Crippen molar-refractivity contribution in [3.05, 3.63) is 59.2 Å². The average Bonchev–Trinajstić information content (AvgIpc) is 2.72. The van der Waals surface area contributed by atoms with Crippen LogP contribution in [0.15, 0.2) is 42.5 Å². The van der Waals surface area contributed by atoms with E-state index in [2.05, 4.69) is 0 Å². The van der Waals surface area contributed by atoms with Gasteiger partial charge in [0.15, 0.2) is 6.29 Å². The number of hydrogen-bond donors (Lipinski definition) is 2. The second-order valence-electron chi connectivity index (χ2n) is 6.16. The van der Waals surface area contributed by atoms with Gasteiger partial charge in [-0.25, -0.2) is 0 Å². The molecule has 142 valence electrons. The monoisotopic (exact) mass is 387 g/mol. The fraction of sp³-hybridized carbons (Fsp3) is 0.300. The number of phenols is 1. The first-order valence-corrected chi connectivity index (χ1v) is 9.78. The van der Waals surface area contributed by atoms with E-state index >= 15 is 0 Å². The molecule has 0 aliphatic carbocycles. The summed E-state index contributed by atoms with van der Waals surface area (Å²) in [5.41, 5.74) is 1.18. The molecule has 27 heavy (non-hydrogen) atoms. The predicted octanol–water partition coefficient (Wildman–Crippen LogP) is 2.33. The van der Waals surface area contributed by atoms with Gasteiger partial charge in [-0.3, -0.25) is 9.59 Å². The van der Waals surface area contributed by atoms with E-state index in [1.165, 1.54) is 6.07 Å². The largest absolute Gasteiger partial charge is 0.507 e. The summed E-state index contributed by atoms with van der Waals surface area (Å²) < 4.78 is 5.77. The maximum absolute atomic E-state index is 13.0. The van der Waals surface area contributed by atoms with Crippen molar-refractivity contribution in [2.75, 3.05) is 24.7 Å². The summed E-state index contributed by atoms with van der Waals surface area (Å²) in [6.07, 6.45) is 0.556. The summed E-state index contributed by atoms with van der Waals surface area (Å²) >= 11 is 1.74. The standard InChI is InChI=1S/C20H21NO5S/c22-10-14-4-1-2-5-16(14)20(25)21-8-9-27-13-15(21)12-26-19-7-3-6-18(24)17(19)11-23/h1-7,11,15,22,24H,8-10,12-13H2/t15-/m1/s1. The number of aliphatic hydroxyl groups excluding tert-OH is 1. The lowest BCUT2D eigenvalue weighted by Crippen LogP contribution is -2.49. The van der Waals surface area contributed by atoms with Crippen molar-refractivity contribution in [3.8, 4) is 11.5 Å². The van der Waals surface area contributed by atoms with Crippen molar-refractivity contribution >= 4 is 24.0 Å². The number of carbonyl (C=O) groups is 2. The van der Waals surface area contributed by atoms with Gasteiger partial charge in [0.05, 0.1) is 18.2 Å². The van der Waals surface area contributed by atoms with E-state index in [-0.39, 0.29) is 36.5 Å². The highest BCUT2D eigenvalue weighted by molar-refractivity contribution is 7.99. The Morgan fingerprint density at radius 3 is 2.85 bits per heavy atom. The molecule has 3 rings (SSSR count). The van der Waals surface area contributed by atoms with E-state index in [4.69, 9.17) is 4.74 Å². The van der Waals surface area contributed by atoms with E-state index < -0.39 is 0 Å². The molecular formula is C20H21NO5S. The summed E-state index contributed by atoms with van der Waals surface area (Å²) in [4.78, 5) is 26.0. The number of amides is 1. The summed E-state index contributed by atoms with van der Waals surface area (Å²) in [6, 6.07) is 11.5. The second kappa shape index (κ2) is 8.92. The van der Waals surface area contributed by atoms with Crippen LogP contribution in [0.25, 0.3) is 0 Å². The number of carbonyl (C=O) groups excluding carboxylic acids is 2. The number of phenolic OH excluding ortho intramolecular Hbond substituents is 1. The molecule has 0 radical (unpaired) electrons. The van der Waals surface area contributed by atoms with E-state index in [1.54, 1.807) is 53.1 Å². The van der Waals surface area contributed by atoms with Crippen molar-refractivity contribution in [3.63, 3.8) is 0 Å². The van der Waals surface area contributed by atoms with Gasteiger partial charge in [-0.05, 0) is 23.8 Å². The van der Waals surface area contributed by atoms with Crippen LogP contribution in [0.4, 0.5) is 0 Å². The average molecular weight is 387 g/mol. The van der Waals surface area contributed by atoms with Gasteiger partial charge in [0.2, 0.25) is 0 Å². The van der Waals surface area contributed by atoms with Crippen LogP contribution in [0.5, 0.6) is 11.5 Å². The number of nitrogens with zero attached hydrogens (tertiary/aromatic N) is 1. The van der Waals surface area contributed by atoms with Crippen LogP contribution in [0.3, 0.4) is 0 Å². The molecule has 1 aliphatic heterocycles. The molecule has 1 atom stereocenters. The van der Waals surface area contributed by atoms with Gasteiger partial charge in [0.25, 0.3) is 5.91 Å². The molecule has 2 aromatic carbocycles. The van der Waals surface area contributed by atoms with Crippen LogP contribution in [0.1, 0.15) is 26.3 Å². The number of rotatable bonds is 6. The lowest BCUT2D eigenvalue weighted by Gasteiger charge is -2.35. The van der Waals surface area contributed by atoms with E-state index in [9.17, 15) is 19.8 Å². The normalized spacial score (nSPS) is 16.8. The first-order valence-electron chi connectivity index (χ1n) is 8.63. The molecule has 7 heteroatoms. The molecule has 0 aromatic heterocycles. The Hall–Kier alpha value is -2.51. The van der Waals surface area contributed by atoms with Crippen molar-refractivity contribution in [1.82, 2.24) is 4.90 Å². The molecule has 1 aliphatic rings. The van der Waals surface area contributed by atoms with E-state index in [0.717, 1.165) is 5.75 Å². The number of aromatic hydroxyl groups is 1. The van der Waals surface area contributed by atoms with Gasteiger partial charge < -0.3 is 19.8 Å². The van der Waals surface area contributed by atoms with Crippen LogP contribution in [0, 0.1) is 0 Å². The van der Waals surface area contributed by atoms with E-state index in [1.807, 2.05) is 0 Å². The number of hydrogen-bond acceptors (Lipinski definition) is 6. The third-order valence-corrected chi connectivity index (χ3v) is 5.59. The molecule has 1 fully saturated rings. The molecule has 6 nitrogen and oxygen atoms in total. The molecule has 0 spiro atoms. The van der Waals surface area contributed by atoms with Crippen molar-refractivity contribution in [1.29, 1.82) is 0 Å². The number of thioether (sulfide) groups is 1. The smallest absolute Gasteiger partial charge is 0.254 e. The van der Waals surface area contributed by atoms with Crippen molar-refractivity contribution < 1.29 is 24.5 Å². The summed E-state index contributed by atoms with van der Waals surface area (Å²) in [5, 5.41) is 19.3. The Morgan fingerprint density at radius 1 is 1.26 bits per heavy atom. The summed E-state index contributed by atoms with van der Waals surface area (Å²) in [7, 11) is 0. The molecule has 1 amide bonds. The summed E-state index contributed by atoms with van der Waals surface area (Å²) in [6.45, 7) is 0.597. The van der Waals surface area contributed by atoms with Gasteiger partial charge in [0.1, 0.15) is 18.1 Å². The number of aldehydes is 1. The van der Waals surface area contributed by atoms with Crippen LogP contribution in [0.2, 0.25) is 0 Å². The van der Waals surface area contributed by atoms with Gasteiger partial charge in [0, 0.05) is 23.6 Å². The lowest BCUT2D eigenvalue weighted by atomic mass is 10.1. The molecule has 1 saturated heterocycles. The maximum Gasteiger partial charge on any atom is 0.254 e. The molecule has 0 saturated carbocycles. The first kappa shape index (κ1) is 19.3. The minimum Gasteiger partial charge on any atom is -0.507 e. The Balaban J connectivity index is 1.77. The number of ether oxygens (including phenoxy) is 1. The van der Waals surface area contributed by atoms with Crippen LogP contribution in [-0.4, -0.2) is 58.0 Å². The number of aliphatic hydroxyl groups is 1.